The van der Waals surface area contributed by atoms with Crippen molar-refractivity contribution in [3.8, 4) is 0 Å². The van der Waals surface area contributed by atoms with Gasteiger partial charge in [-0.3, -0.25) is 4.99 Å². The lowest BCUT2D eigenvalue weighted by Gasteiger charge is -2.33. The Hall–Kier alpha value is -0.770. The van der Waals surface area contributed by atoms with E-state index in [1.165, 1.54) is 71.0 Å². The SMILES string of the molecule is CCCCN1CCC(NC(=NCC(C2CC2)C2CC2)NCC)CC1. The minimum absolute atomic E-state index is 0.598. The summed E-state index contributed by atoms with van der Waals surface area (Å²) >= 11 is 0. The van der Waals surface area contributed by atoms with Gasteiger partial charge in [-0.15, -0.1) is 0 Å². The topological polar surface area (TPSA) is 39.7 Å². The highest BCUT2D eigenvalue weighted by Crippen LogP contribution is 2.49. The Kier molecular flexibility index (Phi) is 6.82. The summed E-state index contributed by atoms with van der Waals surface area (Å²) in [7, 11) is 0. The zero-order valence-corrected chi connectivity index (χ0v) is 15.9. The lowest BCUT2D eigenvalue weighted by atomic mass is 9.98. The Balaban J connectivity index is 1.44. The molecule has 1 saturated heterocycles. The second-order valence-electron chi connectivity index (χ2n) is 8.17. The van der Waals surface area contributed by atoms with Gasteiger partial charge in [-0.05, 0) is 76.2 Å². The van der Waals surface area contributed by atoms with Crippen LogP contribution >= 0.6 is 0 Å². The monoisotopic (exact) mass is 334 g/mol. The maximum atomic E-state index is 4.98. The summed E-state index contributed by atoms with van der Waals surface area (Å²) in [6, 6.07) is 0.598. The van der Waals surface area contributed by atoms with Crippen molar-refractivity contribution in [3.05, 3.63) is 0 Å². The summed E-state index contributed by atoms with van der Waals surface area (Å²) in [5, 5.41) is 7.19. The van der Waals surface area contributed by atoms with E-state index < -0.39 is 0 Å². The summed E-state index contributed by atoms with van der Waals surface area (Å²) in [5.74, 6) is 3.92. The molecule has 3 rings (SSSR count). The van der Waals surface area contributed by atoms with Crippen molar-refractivity contribution in [2.75, 3.05) is 32.7 Å². The van der Waals surface area contributed by atoms with Gasteiger partial charge in [0.25, 0.3) is 0 Å². The highest BCUT2D eigenvalue weighted by molar-refractivity contribution is 5.80. The third-order valence-electron chi connectivity index (χ3n) is 6.02. The molecule has 2 N–H and O–H groups in total. The molecule has 0 bridgehead atoms. The molecule has 0 aromatic heterocycles. The predicted molar refractivity (Wildman–Crippen MR) is 102 cm³/mol. The van der Waals surface area contributed by atoms with Crippen molar-refractivity contribution < 1.29 is 0 Å². The first-order chi connectivity index (χ1) is 11.8. The Labute approximate surface area is 148 Å². The van der Waals surface area contributed by atoms with Crippen molar-refractivity contribution in [2.24, 2.45) is 22.7 Å². The second kappa shape index (κ2) is 9.07. The van der Waals surface area contributed by atoms with Gasteiger partial charge in [0.2, 0.25) is 0 Å². The quantitative estimate of drug-likeness (QED) is 0.502. The number of aliphatic imine (C=N–C) groups is 1. The van der Waals surface area contributed by atoms with Gasteiger partial charge in [0.05, 0.1) is 0 Å². The highest BCUT2D eigenvalue weighted by atomic mass is 15.2. The van der Waals surface area contributed by atoms with Crippen LogP contribution in [0.3, 0.4) is 0 Å². The molecule has 0 radical (unpaired) electrons. The molecule has 0 spiro atoms. The number of unbranched alkanes of at least 4 members (excludes halogenated alkanes) is 1. The van der Waals surface area contributed by atoms with Crippen LogP contribution in [0, 0.1) is 17.8 Å². The smallest absolute Gasteiger partial charge is 0.191 e. The Morgan fingerprint density at radius 2 is 1.71 bits per heavy atom. The zero-order chi connectivity index (χ0) is 16.8. The number of likely N-dealkylation sites (tertiary alicyclic amines) is 1. The molecule has 0 atom stereocenters. The number of guanidine groups is 1. The van der Waals surface area contributed by atoms with Gasteiger partial charge in [-0.25, -0.2) is 0 Å². The molecule has 1 heterocycles. The lowest BCUT2D eigenvalue weighted by Crippen LogP contribution is -2.49. The number of nitrogens with zero attached hydrogens (tertiary/aromatic N) is 2. The molecule has 3 fully saturated rings. The van der Waals surface area contributed by atoms with E-state index in [-0.39, 0.29) is 0 Å². The van der Waals surface area contributed by atoms with E-state index in [0.717, 1.165) is 36.8 Å². The van der Waals surface area contributed by atoms with Crippen LogP contribution in [-0.4, -0.2) is 49.6 Å². The third-order valence-corrected chi connectivity index (χ3v) is 6.02. The van der Waals surface area contributed by atoms with Gasteiger partial charge in [-0.2, -0.15) is 0 Å². The maximum Gasteiger partial charge on any atom is 0.191 e. The molecule has 4 heteroatoms. The van der Waals surface area contributed by atoms with Crippen LogP contribution in [-0.2, 0) is 0 Å². The Bertz CT molecular complexity index is 380. The number of hydrogen-bond acceptors (Lipinski definition) is 2. The molecular formula is C20H38N4. The Morgan fingerprint density at radius 3 is 2.25 bits per heavy atom. The van der Waals surface area contributed by atoms with Crippen molar-refractivity contribution >= 4 is 5.96 Å². The Morgan fingerprint density at radius 1 is 1.04 bits per heavy atom. The van der Waals surface area contributed by atoms with E-state index in [9.17, 15) is 0 Å². The fourth-order valence-corrected chi connectivity index (χ4v) is 4.12. The predicted octanol–water partition coefficient (Wildman–Crippen LogP) is 3.24. The average molecular weight is 335 g/mol. The van der Waals surface area contributed by atoms with Gasteiger partial charge < -0.3 is 15.5 Å². The highest BCUT2D eigenvalue weighted by Gasteiger charge is 2.41. The molecular weight excluding hydrogens is 296 g/mol. The van der Waals surface area contributed by atoms with Crippen LogP contribution < -0.4 is 10.6 Å². The van der Waals surface area contributed by atoms with Crippen LogP contribution in [0.2, 0.25) is 0 Å². The molecule has 138 valence electrons. The van der Waals surface area contributed by atoms with Gasteiger partial charge in [0.1, 0.15) is 0 Å². The van der Waals surface area contributed by atoms with E-state index in [2.05, 4.69) is 29.4 Å². The van der Waals surface area contributed by atoms with Crippen LogP contribution in [0.1, 0.15) is 65.2 Å². The van der Waals surface area contributed by atoms with Crippen molar-refractivity contribution in [3.63, 3.8) is 0 Å². The van der Waals surface area contributed by atoms with Gasteiger partial charge in [0, 0.05) is 32.2 Å². The van der Waals surface area contributed by atoms with E-state index in [4.69, 9.17) is 4.99 Å². The van der Waals surface area contributed by atoms with Crippen LogP contribution in [0.4, 0.5) is 0 Å². The number of nitrogens with one attached hydrogen (secondary N) is 2. The summed E-state index contributed by atoms with van der Waals surface area (Å²) in [6.45, 7) is 10.2. The van der Waals surface area contributed by atoms with E-state index in [1.54, 1.807) is 0 Å². The fraction of sp³-hybridized carbons (Fsp3) is 0.950. The minimum atomic E-state index is 0.598. The van der Waals surface area contributed by atoms with Gasteiger partial charge in [-0.1, -0.05) is 13.3 Å². The van der Waals surface area contributed by atoms with Crippen molar-refractivity contribution in [1.29, 1.82) is 0 Å². The second-order valence-corrected chi connectivity index (χ2v) is 8.17. The summed E-state index contributed by atoms with van der Waals surface area (Å²) < 4.78 is 0. The maximum absolute atomic E-state index is 4.98. The van der Waals surface area contributed by atoms with E-state index in [0.29, 0.717) is 6.04 Å². The lowest BCUT2D eigenvalue weighted by molar-refractivity contribution is 0.203. The zero-order valence-electron chi connectivity index (χ0n) is 15.9. The van der Waals surface area contributed by atoms with Gasteiger partial charge >= 0.3 is 0 Å². The summed E-state index contributed by atoms with van der Waals surface area (Å²) in [6.07, 6.45) is 11.0. The molecule has 24 heavy (non-hydrogen) atoms. The van der Waals surface area contributed by atoms with Crippen molar-refractivity contribution in [1.82, 2.24) is 15.5 Å². The molecule has 0 amide bonds. The molecule has 1 aliphatic heterocycles. The van der Waals surface area contributed by atoms with Crippen LogP contribution in [0.15, 0.2) is 4.99 Å². The van der Waals surface area contributed by atoms with E-state index >= 15 is 0 Å². The standard InChI is InChI=1S/C20H38N4/c1-3-5-12-24-13-10-18(11-14-24)23-20(21-4-2)22-15-19(16-6-7-16)17-8-9-17/h16-19H,3-15H2,1-2H3,(H2,21,22,23). The first-order valence-electron chi connectivity index (χ1n) is 10.6. The third kappa shape index (κ3) is 5.65. The molecule has 2 saturated carbocycles. The number of hydrogen-bond donors (Lipinski definition) is 2. The minimum Gasteiger partial charge on any atom is -0.357 e. The molecule has 4 nitrogen and oxygen atoms in total. The van der Waals surface area contributed by atoms with Crippen LogP contribution in [0.25, 0.3) is 0 Å². The molecule has 2 aliphatic carbocycles. The molecule has 3 aliphatic rings. The normalized spacial score (nSPS) is 23.7. The molecule has 0 unspecified atom stereocenters. The largest absolute Gasteiger partial charge is 0.357 e. The fourth-order valence-electron chi connectivity index (χ4n) is 4.12. The first-order valence-corrected chi connectivity index (χ1v) is 10.6. The molecule has 0 aromatic carbocycles. The molecule has 0 aromatic rings. The summed E-state index contributed by atoms with van der Waals surface area (Å²) in [4.78, 5) is 7.61. The average Bonchev–Trinajstić information content (AvgIpc) is 3.47. The van der Waals surface area contributed by atoms with Crippen molar-refractivity contribution in [2.45, 2.75) is 71.3 Å². The first kappa shape index (κ1) is 18.0. The van der Waals surface area contributed by atoms with Crippen LogP contribution in [0.5, 0.6) is 0 Å². The van der Waals surface area contributed by atoms with Gasteiger partial charge in [0.15, 0.2) is 5.96 Å². The number of piperidine rings is 1. The number of rotatable bonds is 9. The van der Waals surface area contributed by atoms with E-state index in [1.807, 2.05) is 0 Å². The summed E-state index contributed by atoms with van der Waals surface area (Å²) in [5.41, 5.74) is 0.